The van der Waals surface area contributed by atoms with E-state index in [9.17, 15) is 0 Å². The summed E-state index contributed by atoms with van der Waals surface area (Å²) in [6, 6.07) is 0. The zero-order valence-corrected chi connectivity index (χ0v) is 10.6. The fourth-order valence-corrected chi connectivity index (χ4v) is 1.99. The van der Waals surface area contributed by atoms with Gasteiger partial charge in [-0.25, -0.2) is 0 Å². The first-order valence-electron chi connectivity index (χ1n) is 5.69. The van der Waals surface area contributed by atoms with Gasteiger partial charge in [-0.15, -0.1) is 11.6 Å². The lowest BCUT2D eigenvalue weighted by Crippen LogP contribution is -2.22. The van der Waals surface area contributed by atoms with Crippen LogP contribution in [-0.4, -0.2) is 17.6 Å². The molecule has 1 nitrogen and oxygen atoms in total. The lowest BCUT2D eigenvalue weighted by molar-refractivity contribution is 0.0483. The average molecular weight is 219 g/mol. The molecule has 0 amide bonds. The molecule has 1 aliphatic rings. The van der Waals surface area contributed by atoms with Crippen LogP contribution >= 0.6 is 11.6 Å². The maximum absolute atomic E-state index is 6.32. The predicted octanol–water partition coefficient (Wildman–Crippen LogP) is 3.99. The van der Waals surface area contributed by atoms with Crippen molar-refractivity contribution in [3.05, 3.63) is 0 Å². The molecule has 0 aromatic rings. The van der Waals surface area contributed by atoms with Gasteiger partial charge in [0.15, 0.2) is 0 Å². The third-order valence-electron chi connectivity index (χ3n) is 3.00. The van der Waals surface area contributed by atoms with E-state index in [4.69, 9.17) is 16.3 Å². The van der Waals surface area contributed by atoms with Crippen LogP contribution in [0.15, 0.2) is 0 Å². The van der Waals surface area contributed by atoms with Crippen LogP contribution < -0.4 is 0 Å². The topological polar surface area (TPSA) is 9.23 Å². The van der Waals surface area contributed by atoms with E-state index < -0.39 is 0 Å². The molecule has 0 aromatic heterocycles. The highest BCUT2D eigenvalue weighted by atomic mass is 35.5. The van der Waals surface area contributed by atoms with Gasteiger partial charge in [-0.05, 0) is 38.0 Å². The molecule has 3 unspecified atom stereocenters. The van der Waals surface area contributed by atoms with Crippen LogP contribution in [0.2, 0.25) is 0 Å². The number of halogens is 1. The Bertz CT molecular complexity index is 174. The van der Waals surface area contributed by atoms with Gasteiger partial charge in [0.25, 0.3) is 0 Å². The number of ether oxygens (including phenoxy) is 1. The number of alkyl halides is 1. The maximum atomic E-state index is 6.32. The van der Waals surface area contributed by atoms with Crippen LogP contribution in [0.3, 0.4) is 0 Å². The molecule has 0 aromatic carbocycles. The molecule has 1 fully saturated rings. The molecule has 1 aliphatic heterocycles. The molecule has 0 saturated carbocycles. The van der Waals surface area contributed by atoms with E-state index in [0.29, 0.717) is 12.2 Å². The second kappa shape index (κ2) is 4.85. The Kier molecular flexibility index (Phi) is 4.27. The third kappa shape index (κ3) is 3.78. The SMILES string of the molecule is CC1CCC(CCC(Cl)C(C)(C)C)O1. The van der Waals surface area contributed by atoms with E-state index >= 15 is 0 Å². The molecule has 2 heteroatoms. The molecule has 3 atom stereocenters. The first-order chi connectivity index (χ1) is 6.39. The van der Waals surface area contributed by atoms with Gasteiger partial charge in [0.05, 0.1) is 12.2 Å². The van der Waals surface area contributed by atoms with E-state index in [1.54, 1.807) is 0 Å². The van der Waals surface area contributed by atoms with Gasteiger partial charge in [0.1, 0.15) is 0 Å². The molecular formula is C12H23ClO. The van der Waals surface area contributed by atoms with Crippen molar-refractivity contribution in [2.24, 2.45) is 5.41 Å². The van der Waals surface area contributed by atoms with Crippen molar-refractivity contribution < 1.29 is 4.74 Å². The Labute approximate surface area is 93.2 Å². The van der Waals surface area contributed by atoms with Crippen molar-refractivity contribution in [3.8, 4) is 0 Å². The van der Waals surface area contributed by atoms with Gasteiger partial charge < -0.3 is 4.74 Å². The van der Waals surface area contributed by atoms with Crippen LogP contribution in [0.1, 0.15) is 53.4 Å². The Morgan fingerprint density at radius 3 is 2.43 bits per heavy atom. The van der Waals surface area contributed by atoms with Gasteiger partial charge in [-0.3, -0.25) is 0 Å². The highest BCUT2D eigenvalue weighted by Gasteiger charge is 2.26. The van der Waals surface area contributed by atoms with Crippen molar-refractivity contribution >= 4 is 11.6 Å². The molecule has 0 bridgehead atoms. The molecule has 1 saturated heterocycles. The zero-order valence-electron chi connectivity index (χ0n) is 9.85. The summed E-state index contributed by atoms with van der Waals surface area (Å²) in [7, 11) is 0. The monoisotopic (exact) mass is 218 g/mol. The van der Waals surface area contributed by atoms with Crippen molar-refractivity contribution in [1.29, 1.82) is 0 Å². The second-order valence-corrected chi connectivity index (χ2v) is 6.08. The van der Waals surface area contributed by atoms with Crippen molar-refractivity contribution in [2.75, 3.05) is 0 Å². The Morgan fingerprint density at radius 2 is 2.00 bits per heavy atom. The normalized spacial score (nSPS) is 30.6. The van der Waals surface area contributed by atoms with Crippen LogP contribution in [0.5, 0.6) is 0 Å². The minimum atomic E-state index is 0.214. The molecule has 84 valence electrons. The van der Waals surface area contributed by atoms with Crippen molar-refractivity contribution in [2.45, 2.75) is 71.0 Å². The molecule has 0 spiro atoms. The summed E-state index contributed by atoms with van der Waals surface area (Å²) in [4.78, 5) is 0. The molecule has 1 rings (SSSR count). The number of hydrogen-bond donors (Lipinski definition) is 0. The maximum Gasteiger partial charge on any atom is 0.0580 e. The van der Waals surface area contributed by atoms with Gasteiger partial charge in [0.2, 0.25) is 0 Å². The zero-order chi connectivity index (χ0) is 10.8. The van der Waals surface area contributed by atoms with Crippen molar-refractivity contribution in [3.63, 3.8) is 0 Å². The fraction of sp³-hybridized carbons (Fsp3) is 1.00. The average Bonchev–Trinajstić information content (AvgIpc) is 2.45. The standard InChI is InChI=1S/C12H23ClO/c1-9-5-6-10(14-9)7-8-11(13)12(2,3)4/h9-11H,5-8H2,1-4H3. The lowest BCUT2D eigenvalue weighted by atomic mass is 9.88. The Hall–Kier alpha value is 0.250. The van der Waals surface area contributed by atoms with Crippen LogP contribution in [0.25, 0.3) is 0 Å². The van der Waals surface area contributed by atoms with Crippen LogP contribution in [0, 0.1) is 5.41 Å². The number of hydrogen-bond acceptors (Lipinski definition) is 1. The summed E-state index contributed by atoms with van der Waals surface area (Å²) < 4.78 is 5.77. The van der Waals surface area contributed by atoms with Gasteiger partial charge in [0, 0.05) is 5.38 Å². The molecule has 0 radical (unpaired) electrons. The van der Waals surface area contributed by atoms with E-state index in [-0.39, 0.29) is 10.8 Å². The van der Waals surface area contributed by atoms with E-state index in [1.165, 1.54) is 12.8 Å². The highest BCUT2D eigenvalue weighted by Crippen LogP contribution is 2.31. The molecule has 1 heterocycles. The summed E-state index contributed by atoms with van der Waals surface area (Å²) in [5.74, 6) is 0. The molecule has 0 aliphatic carbocycles. The summed E-state index contributed by atoms with van der Waals surface area (Å²) in [6.07, 6.45) is 5.55. The summed E-state index contributed by atoms with van der Waals surface area (Å²) in [5, 5.41) is 0.266. The Balaban J connectivity index is 2.21. The van der Waals surface area contributed by atoms with E-state index in [1.807, 2.05) is 0 Å². The molecule has 0 N–H and O–H groups in total. The smallest absolute Gasteiger partial charge is 0.0580 e. The minimum absolute atomic E-state index is 0.214. The summed E-state index contributed by atoms with van der Waals surface area (Å²) >= 11 is 6.32. The minimum Gasteiger partial charge on any atom is -0.375 e. The predicted molar refractivity (Wildman–Crippen MR) is 61.9 cm³/mol. The molecular weight excluding hydrogens is 196 g/mol. The van der Waals surface area contributed by atoms with Crippen LogP contribution in [0.4, 0.5) is 0 Å². The fourth-order valence-electron chi connectivity index (χ4n) is 1.86. The molecule has 14 heavy (non-hydrogen) atoms. The first-order valence-corrected chi connectivity index (χ1v) is 6.13. The summed E-state index contributed by atoms with van der Waals surface area (Å²) in [6.45, 7) is 8.75. The van der Waals surface area contributed by atoms with Crippen LogP contribution in [-0.2, 0) is 4.74 Å². The van der Waals surface area contributed by atoms with E-state index in [0.717, 1.165) is 12.8 Å². The second-order valence-electron chi connectivity index (χ2n) is 5.56. The first kappa shape index (κ1) is 12.3. The van der Waals surface area contributed by atoms with Crippen molar-refractivity contribution in [1.82, 2.24) is 0 Å². The lowest BCUT2D eigenvalue weighted by Gasteiger charge is -2.26. The Morgan fingerprint density at radius 1 is 1.36 bits per heavy atom. The summed E-state index contributed by atoms with van der Waals surface area (Å²) in [5.41, 5.74) is 0.214. The van der Waals surface area contributed by atoms with Gasteiger partial charge in [-0.1, -0.05) is 20.8 Å². The quantitative estimate of drug-likeness (QED) is 0.651. The van der Waals surface area contributed by atoms with Gasteiger partial charge in [-0.2, -0.15) is 0 Å². The van der Waals surface area contributed by atoms with Gasteiger partial charge >= 0.3 is 0 Å². The third-order valence-corrected chi connectivity index (χ3v) is 3.87. The highest BCUT2D eigenvalue weighted by molar-refractivity contribution is 6.21. The number of rotatable bonds is 3. The van der Waals surface area contributed by atoms with E-state index in [2.05, 4.69) is 27.7 Å². The largest absolute Gasteiger partial charge is 0.375 e.